The summed E-state index contributed by atoms with van der Waals surface area (Å²) < 4.78 is 0. The van der Waals surface area contributed by atoms with E-state index in [1.54, 1.807) is 6.92 Å². The second kappa shape index (κ2) is 5.92. The maximum absolute atomic E-state index is 11.2. The Morgan fingerprint density at radius 1 is 1.25 bits per heavy atom. The number of unbranched alkanes of at least 4 members (excludes halogenated alkanes) is 2. The molecule has 0 bridgehead atoms. The predicted octanol–water partition coefficient (Wildman–Crippen LogP) is 2.36. The van der Waals surface area contributed by atoms with Gasteiger partial charge in [-0.2, -0.15) is 0 Å². The Morgan fingerprint density at radius 3 is 2.25 bits per heavy atom. The first kappa shape index (κ1) is 11.3. The average Bonchev–Trinajstić information content (AvgIpc) is 2.03. The number of Topliss-reactive ketones (excluding diaryl/α,β-unsaturated/α-hetero) is 2. The van der Waals surface area contributed by atoms with Crippen LogP contribution in [0.1, 0.15) is 46.5 Å². The van der Waals surface area contributed by atoms with E-state index in [1.165, 1.54) is 6.92 Å². The summed E-state index contributed by atoms with van der Waals surface area (Å²) in [7, 11) is 0. The number of hydrogen-bond donors (Lipinski definition) is 0. The minimum atomic E-state index is -0.387. The lowest BCUT2D eigenvalue weighted by molar-refractivity contribution is -0.130. The molecule has 0 aromatic carbocycles. The van der Waals surface area contributed by atoms with Crippen LogP contribution in [0.2, 0.25) is 0 Å². The zero-order chi connectivity index (χ0) is 9.56. The highest BCUT2D eigenvalue weighted by molar-refractivity contribution is 6.00. The topological polar surface area (TPSA) is 34.1 Å². The van der Waals surface area contributed by atoms with Crippen molar-refractivity contribution in [1.29, 1.82) is 0 Å². The Bertz CT molecular complexity index is 161. The van der Waals surface area contributed by atoms with Crippen molar-refractivity contribution >= 4 is 11.6 Å². The first-order valence-corrected chi connectivity index (χ1v) is 4.62. The smallest absolute Gasteiger partial charge is 0.143 e. The summed E-state index contributed by atoms with van der Waals surface area (Å²) in [6.45, 7) is 5.26. The van der Waals surface area contributed by atoms with Crippen LogP contribution in [0.25, 0.3) is 0 Å². The van der Waals surface area contributed by atoms with E-state index in [0.29, 0.717) is 6.42 Å². The SMILES string of the molecule is CCCCCC(=O)[C@H](C)C(C)=O. The maximum atomic E-state index is 11.2. The molecular weight excluding hydrogens is 152 g/mol. The van der Waals surface area contributed by atoms with Crippen molar-refractivity contribution in [2.24, 2.45) is 5.92 Å². The van der Waals surface area contributed by atoms with Crippen molar-refractivity contribution in [3.8, 4) is 0 Å². The molecule has 0 unspecified atom stereocenters. The largest absolute Gasteiger partial charge is 0.299 e. The van der Waals surface area contributed by atoms with Gasteiger partial charge in [0.2, 0.25) is 0 Å². The molecule has 2 heteroatoms. The second-order valence-electron chi connectivity index (χ2n) is 3.26. The van der Waals surface area contributed by atoms with E-state index >= 15 is 0 Å². The molecule has 1 atom stereocenters. The molecule has 0 aliphatic carbocycles. The molecule has 2 nitrogen and oxygen atoms in total. The minimum Gasteiger partial charge on any atom is -0.299 e. The Balaban J connectivity index is 3.65. The molecule has 0 rings (SSSR count). The van der Waals surface area contributed by atoms with Crippen molar-refractivity contribution < 1.29 is 9.59 Å². The van der Waals surface area contributed by atoms with Crippen LogP contribution in [0, 0.1) is 5.92 Å². The third-order valence-corrected chi connectivity index (χ3v) is 2.12. The molecule has 0 aromatic rings. The van der Waals surface area contributed by atoms with E-state index in [4.69, 9.17) is 0 Å². The molecular formula is C10H18O2. The summed E-state index contributed by atoms with van der Waals surface area (Å²) in [6.07, 6.45) is 3.68. The first-order chi connectivity index (χ1) is 5.59. The van der Waals surface area contributed by atoms with E-state index < -0.39 is 0 Å². The third-order valence-electron chi connectivity index (χ3n) is 2.12. The van der Waals surface area contributed by atoms with Crippen molar-refractivity contribution in [3.63, 3.8) is 0 Å². The number of rotatable bonds is 6. The molecule has 0 aliphatic rings. The van der Waals surface area contributed by atoms with Gasteiger partial charge in [-0.3, -0.25) is 9.59 Å². The van der Waals surface area contributed by atoms with Gasteiger partial charge in [-0.25, -0.2) is 0 Å². The van der Waals surface area contributed by atoms with Gasteiger partial charge in [-0.05, 0) is 20.3 Å². The molecule has 0 radical (unpaired) electrons. The maximum Gasteiger partial charge on any atom is 0.143 e. The minimum absolute atomic E-state index is 0.0171. The Hall–Kier alpha value is -0.660. The fourth-order valence-electron chi connectivity index (χ4n) is 0.992. The molecule has 0 aliphatic heterocycles. The Kier molecular flexibility index (Phi) is 5.60. The molecule has 0 amide bonds. The van der Waals surface area contributed by atoms with Gasteiger partial charge >= 0.3 is 0 Å². The van der Waals surface area contributed by atoms with Crippen LogP contribution < -0.4 is 0 Å². The number of carbonyl (C=O) groups excluding carboxylic acids is 2. The molecule has 0 saturated carbocycles. The van der Waals surface area contributed by atoms with Gasteiger partial charge in [0.05, 0.1) is 5.92 Å². The van der Waals surface area contributed by atoms with Gasteiger partial charge in [0, 0.05) is 6.42 Å². The van der Waals surface area contributed by atoms with Crippen LogP contribution in [0.15, 0.2) is 0 Å². The lowest BCUT2D eigenvalue weighted by atomic mass is 9.98. The van der Waals surface area contributed by atoms with Crippen LogP contribution >= 0.6 is 0 Å². The Labute approximate surface area is 74.3 Å². The summed E-state index contributed by atoms with van der Waals surface area (Å²) in [5.41, 5.74) is 0. The van der Waals surface area contributed by atoms with Crippen molar-refractivity contribution in [2.75, 3.05) is 0 Å². The van der Waals surface area contributed by atoms with Crippen LogP contribution in [0.3, 0.4) is 0 Å². The molecule has 0 heterocycles. The highest BCUT2D eigenvalue weighted by atomic mass is 16.1. The van der Waals surface area contributed by atoms with E-state index in [0.717, 1.165) is 19.3 Å². The average molecular weight is 170 g/mol. The number of ketones is 2. The molecule has 70 valence electrons. The summed E-state index contributed by atoms with van der Waals surface area (Å²) in [5, 5.41) is 0. The van der Waals surface area contributed by atoms with E-state index in [2.05, 4.69) is 6.92 Å². The van der Waals surface area contributed by atoms with Gasteiger partial charge in [0.15, 0.2) is 0 Å². The Morgan fingerprint density at radius 2 is 1.83 bits per heavy atom. The van der Waals surface area contributed by atoms with Crippen LogP contribution in [-0.2, 0) is 9.59 Å². The highest BCUT2D eigenvalue weighted by Gasteiger charge is 2.15. The third kappa shape index (κ3) is 4.27. The van der Waals surface area contributed by atoms with Crippen molar-refractivity contribution in [3.05, 3.63) is 0 Å². The summed E-state index contributed by atoms with van der Waals surface area (Å²) in [6, 6.07) is 0. The van der Waals surface area contributed by atoms with Gasteiger partial charge in [-0.15, -0.1) is 0 Å². The van der Waals surface area contributed by atoms with Gasteiger partial charge in [0.25, 0.3) is 0 Å². The molecule has 0 aromatic heterocycles. The monoisotopic (exact) mass is 170 g/mol. The second-order valence-corrected chi connectivity index (χ2v) is 3.26. The fourth-order valence-corrected chi connectivity index (χ4v) is 0.992. The standard InChI is InChI=1S/C10H18O2/c1-4-5-6-7-10(12)8(2)9(3)11/h8H,4-7H2,1-3H3/t8-/m1/s1. The number of hydrogen-bond acceptors (Lipinski definition) is 2. The lowest BCUT2D eigenvalue weighted by Gasteiger charge is -2.04. The number of carbonyl (C=O) groups is 2. The molecule has 0 N–H and O–H groups in total. The van der Waals surface area contributed by atoms with E-state index in [9.17, 15) is 9.59 Å². The quantitative estimate of drug-likeness (QED) is 0.453. The highest BCUT2D eigenvalue weighted by Crippen LogP contribution is 2.07. The molecule has 12 heavy (non-hydrogen) atoms. The van der Waals surface area contributed by atoms with Crippen molar-refractivity contribution in [1.82, 2.24) is 0 Å². The predicted molar refractivity (Wildman–Crippen MR) is 49.0 cm³/mol. The zero-order valence-corrected chi connectivity index (χ0v) is 8.22. The van der Waals surface area contributed by atoms with Gasteiger partial charge in [0.1, 0.15) is 11.6 Å². The van der Waals surface area contributed by atoms with Crippen LogP contribution in [0.4, 0.5) is 0 Å². The normalized spacial score (nSPS) is 12.6. The van der Waals surface area contributed by atoms with E-state index in [-0.39, 0.29) is 17.5 Å². The van der Waals surface area contributed by atoms with Gasteiger partial charge in [-0.1, -0.05) is 19.8 Å². The molecule has 0 fully saturated rings. The fraction of sp³-hybridized carbons (Fsp3) is 0.800. The summed E-state index contributed by atoms with van der Waals surface area (Å²) in [4.78, 5) is 22.0. The van der Waals surface area contributed by atoms with Crippen molar-refractivity contribution in [2.45, 2.75) is 46.5 Å². The van der Waals surface area contributed by atoms with E-state index in [1.807, 2.05) is 0 Å². The molecule has 0 saturated heterocycles. The van der Waals surface area contributed by atoms with Gasteiger partial charge < -0.3 is 0 Å². The van der Waals surface area contributed by atoms with Crippen LogP contribution in [0.5, 0.6) is 0 Å². The first-order valence-electron chi connectivity index (χ1n) is 4.62. The molecule has 0 spiro atoms. The summed E-state index contributed by atoms with van der Waals surface area (Å²) >= 11 is 0. The zero-order valence-electron chi connectivity index (χ0n) is 8.22. The van der Waals surface area contributed by atoms with Crippen LogP contribution in [-0.4, -0.2) is 11.6 Å². The summed E-state index contributed by atoms with van der Waals surface area (Å²) in [5.74, 6) is -0.311. The lowest BCUT2D eigenvalue weighted by Crippen LogP contribution is -2.18.